The van der Waals surface area contributed by atoms with E-state index in [-0.39, 0.29) is 5.69 Å². The Bertz CT molecular complexity index is 742. The van der Waals surface area contributed by atoms with Gasteiger partial charge in [0, 0.05) is 12.3 Å². The van der Waals surface area contributed by atoms with E-state index in [0.717, 1.165) is 16.9 Å². The maximum atomic E-state index is 13.1. The lowest BCUT2D eigenvalue weighted by molar-refractivity contribution is -0.145. The van der Waals surface area contributed by atoms with Gasteiger partial charge in [0.25, 0.3) is 5.91 Å². The Labute approximate surface area is 136 Å². The Morgan fingerprint density at radius 1 is 1.46 bits per heavy atom. The molecule has 0 N–H and O–H groups in total. The van der Waals surface area contributed by atoms with E-state index in [2.05, 4.69) is 10.1 Å². The van der Waals surface area contributed by atoms with Crippen molar-refractivity contribution in [1.82, 2.24) is 15.0 Å². The fraction of sp³-hybridized carbons (Fsp3) is 0.438. The minimum absolute atomic E-state index is 0.125. The molecule has 8 heteroatoms. The molecule has 1 atom stereocenters. The molecule has 0 unspecified atom stereocenters. The van der Waals surface area contributed by atoms with Crippen molar-refractivity contribution >= 4 is 5.91 Å². The molecular weight excluding hydrogens is 323 g/mol. The van der Waals surface area contributed by atoms with Gasteiger partial charge < -0.3 is 9.42 Å². The van der Waals surface area contributed by atoms with Crippen LogP contribution in [0.3, 0.4) is 0 Å². The number of hydrogen-bond acceptors (Lipinski definition) is 4. The zero-order chi connectivity index (χ0) is 17.3. The van der Waals surface area contributed by atoms with E-state index in [1.54, 1.807) is 13.0 Å². The SMILES string of the molecule is Cc1cc(C(=O)N(CC(F)(F)F)[C@H]2CCCc3cccnc32)no1. The van der Waals surface area contributed by atoms with Crippen molar-refractivity contribution < 1.29 is 22.5 Å². The molecular formula is C16H16F3N3O2. The Hall–Kier alpha value is -2.38. The highest BCUT2D eigenvalue weighted by Gasteiger charge is 2.40. The molecule has 24 heavy (non-hydrogen) atoms. The second kappa shape index (κ2) is 6.26. The summed E-state index contributed by atoms with van der Waals surface area (Å²) in [6.45, 7) is 0.230. The molecule has 2 aromatic heterocycles. The summed E-state index contributed by atoms with van der Waals surface area (Å²) in [6, 6.07) is 4.21. The van der Waals surface area contributed by atoms with Crippen molar-refractivity contribution in [3.63, 3.8) is 0 Å². The predicted octanol–water partition coefficient (Wildman–Crippen LogP) is 3.46. The maximum Gasteiger partial charge on any atom is 0.406 e. The summed E-state index contributed by atoms with van der Waals surface area (Å²) < 4.78 is 44.0. The number of aromatic nitrogens is 2. The summed E-state index contributed by atoms with van der Waals surface area (Å²) in [7, 11) is 0. The quantitative estimate of drug-likeness (QED) is 0.859. The van der Waals surface area contributed by atoms with Gasteiger partial charge in [-0.3, -0.25) is 9.78 Å². The molecule has 1 aliphatic carbocycles. The summed E-state index contributed by atoms with van der Waals surface area (Å²) in [6.07, 6.45) is -1.10. The molecule has 0 radical (unpaired) electrons. The molecule has 0 spiro atoms. The molecule has 2 heterocycles. The number of rotatable bonds is 3. The molecule has 1 amide bonds. The highest BCUT2D eigenvalue weighted by atomic mass is 19.4. The topological polar surface area (TPSA) is 59.2 Å². The standard InChI is InChI=1S/C16H16F3N3O2/c1-10-8-12(21-24-10)15(23)22(9-16(17,18)19)13-6-2-4-11-5-3-7-20-14(11)13/h3,5,7-8,13H,2,4,6,9H2,1H3/t13-/m0/s1. The third kappa shape index (κ3) is 3.42. The van der Waals surface area contributed by atoms with E-state index in [1.807, 2.05) is 6.07 Å². The molecule has 0 bridgehead atoms. The summed E-state index contributed by atoms with van der Waals surface area (Å²) in [4.78, 5) is 17.7. The first-order valence-corrected chi connectivity index (χ1v) is 7.60. The van der Waals surface area contributed by atoms with Gasteiger partial charge in [-0.15, -0.1) is 0 Å². The van der Waals surface area contributed by atoms with Crippen molar-refractivity contribution in [2.24, 2.45) is 0 Å². The van der Waals surface area contributed by atoms with E-state index < -0.39 is 24.7 Å². The number of halogens is 3. The van der Waals surface area contributed by atoms with Crippen LogP contribution in [0, 0.1) is 6.92 Å². The lowest BCUT2D eigenvalue weighted by Crippen LogP contribution is -2.43. The monoisotopic (exact) mass is 339 g/mol. The van der Waals surface area contributed by atoms with Crippen molar-refractivity contribution in [2.75, 3.05) is 6.54 Å². The summed E-state index contributed by atoms with van der Waals surface area (Å²) in [5.74, 6) is -0.430. The number of pyridine rings is 1. The van der Waals surface area contributed by atoms with Crippen molar-refractivity contribution in [3.05, 3.63) is 47.1 Å². The van der Waals surface area contributed by atoms with Gasteiger partial charge in [-0.25, -0.2) is 0 Å². The summed E-state index contributed by atoms with van der Waals surface area (Å²) in [5, 5.41) is 3.56. The number of aryl methyl sites for hydroxylation is 2. The third-order valence-corrected chi connectivity index (χ3v) is 4.00. The van der Waals surface area contributed by atoms with Crippen LogP contribution in [0.25, 0.3) is 0 Å². The molecule has 128 valence electrons. The van der Waals surface area contributed by atoms with E-state index in [9.17, 15) is 18.0 Å². The molecule has 1 aliphatic rings. The molecule has 0 saturated carbocycles. The smallest absolute Gasteiger partial charge is 0.361 e. The van der Waals surface area contributed by atoms with Crippen molar-refractivity contribution in [2.45, 2.75) is 38.4 Å². The van der Waals surface area contributed by atoms with Crippen LogP contribution in [0.2, 0.25) is 0 Å². The van der Waals surface area contributed by atoms with Gasteiger partial charge in [0.15, 0.2) is 5.69 Å². The van der Waals surface area contributed by atoms with Gasteiger partial charge in [-0.2, -0.15) is 13.2 Å². The van der Waals surface area contributed by atoms with Gasteiger partial charge in [0.2, 0.25) is 0 Å². The van der Waals surface area contributed by atoms with Crippen LogP contribution in [-0.2, 0) is 6.42 Å². The number of nitrogens with zero attached hydrogens (tertiary/aromatic N) is 3. The lowest BCUT2D eigenvalue weighted by Gasteiger charge is -2.35. The first kappa shape index (κ1) is 16.5. The largest absolute Gasteiger partial charge is 0.406 e. The molecule has 0 fully saturated rings. The minimum Gasteiger partial charge on any atom is -0.361 e. The molecule has 3 rings (SSSR count). The highest BCUT2D eigenvalue weighted by molar-refractivity contribution is 5.92. The van der Waals surface area contributed by atoms with Gasteiger partial charge in [0.05, 0.1) is 11.7 Å². The highest BCUT2D eigenvalue weighted by Crippen LogP contribution is 2.35. The predicted molar refractivity (Wildman–Crippen MR) is 78.2 cm³/mol. The van der Waals surface area contributed by atoms with E-state index >= 15 is 0 Å². The lowest BCUT2D eigenvalue weighted by atomic mass is 9.90. The fourth-order valence-electron chi connectivity index (χ4n) is 3.02. The number of fused-ring (bicyclic) bond motifs is 1. The Balaban J connectivity index is 1.98. The number of amides is 1. The second-order valence-corrected chi connectivity index (χ2v) is 5.83. The van der Waals surface area contributed by atoms with E-state index in [4.69, 9.17) is 4.52 Å². The number of carbonyl (C=O) groups is 1. The van der Waals surface area contributed by atoms with Crippen molar-refractivity contribution in [3.8, 4) is 0 Å². The second-order valence-electron chi connectivity index (χ2n) is 5.83. The maximum absolute atomic E-state index is 13.1. The molecule has 0 aromatic carbocycles. The zero-order valence-corrected chi connectivity index (χ0v) is 13.0. The number of hydrogen-bond donors (Lipinski definition) is 0. The minimum atomic E-state index is -4.51. The average molecular weight is 339 g/mol. The number of carbonyl (C=O) groups excluding carboxylic acids is 1. The third-order valence-electron chi connectivity index (χ3n) is 4.00. The van der Waals surface area contributed by atoms with E-state index in [1.165, 1.54) is 12.3 Å². The molecule has 2 aromatic rings. The fourth-order valence-corrected chi connectivity index (χ4v) is 3.02. The van der Waals surface area contributed by atoms with Crippen LogP contribution < -0.4 is 0 Å². The number of alkyl halides is 3. The van der Waals surface area contributed by atoms with Crippen LogP contribution in [-0.4, -0.2) is 33.7 Å². The van der Waals surface area contributed by atoms with Crippen LogP contribution >= 0.6 is 0 Å². The molecule has 0 aliphatic heterocycles. The van der Waals surface area contributed by atoms with Gasteiger partial charge >= 0.3 is 6.18 Å². The van der Waals surface area contributed by atoms with Crippen LogP contribution in [0.15, 0.2) is 28.9 Å². The molecule has 0 saturated heterocycles. The zero-order valence-electron chi connectivity index (χ0n) is 13.0. The average Bonchev–Trinajstić information content (AvgIpc) is 2.97. The summed E-state index contributed by atoms with van der Waals surface area (Å²) >= 11 is 0. The normalized spacial score (nSPS) is 17.4. The molecule has 5 nitrogen and oxygen atoms in total. The van der Waals surface area contributed by atoms with Crippen molar-refractivity contribution in [1.29, 1.82) is 0 Å². The van der Waals surface area contributed by atoms with Gasteiger partial charge in [-0.1, -0.05) is 11.2 Å². The van der Waals surface area contributed by atoms with E-state index in [0.29, 0.717) is 24.3 Å². The Morgan fingerprint density at radius 2 is 2.25 bits per heavy atom. The first-order chi connectivity index (χ1) is 11.3. The van der Waals surface area contributed by atoms with Gasteiger partial charge in [0.1, 0.15) is 12.3 Å². The van der Waals surface area contributed by atoms with Gasteiger partial charge in [-0.05, 0) is 37.8 Å². The van der Waals surface area contributed by atoms with Crippen LogP contribution in [0.4, 0.5) is 13.2 Å². The van der Waals surface area contributed by atoms with Crippen LogP contribution in [0.5, 0.6) is 0 Å². The summed E-state index contributed by atoms with van der Waals surface area (Å²) in [5.41, 5.74) is 1.28. The Kier molecular flexibility index (Phi) is 4.29. The Morgan fingerprint density at radius 3 is 2.92 bits per heavy atom. The van der Waals surface area contributed by atoms with Crippen LogP contribution in [0.1, 0.15) is 46.4 Å². The first-order valence-electron chi connectivity index (χ1n) is 7.60.